The zero-order chi connectivity index (χ0) is 42.6. The second kappa shape index (κ2) is 16.0. The molecule has 14 heteroatoms. The number of carbonyl (C=O) groups excluding carboxylic acids is 5. The van der Waals surface area contributed by atoms with Gasteiger partial charge in [0.2, 0.25) is 23.6 Å². The largest absolute Gasteiger partial charge is 0.355 e. The van der Waals surface area contributed by atoms with Crippen LogP contribution in [0, 0.1) is 5.82 Å². The molecule has 4 atom stereocenters. The number of amides is 5. The number of anilines is 2. The summed E-state index contributed by atoms with van der Waals surface area (Å²) in [4.78, 5) is 68.1. The molecule has 4 aliphatic heterocycles. The van der Waals surface area contributed by atoms with Gasteiger partial charge in [0.05, 0.1) is 11.1 Å². The molecule has 5 aliphatic rings. The zero-order valence-corrected chi connectivity index (χ0v) is 34.9. The van der Waals surface area contributed by atoms with E-state index in [0.717, 1.165) is 43.4 Å². The van der Waals surface area contributed by atoms with Gasteiger partial charge in [0.25, 0.3) is 5.91 Å². The van der Waals surface area contributed by atoms with Gasteiger partial charge in [-0.1, -0.05) is 72.6 Å². The molecule has 5 N–H and O–H groups in total. The van der Waals surface area contributed by atoms with E-state index in [2.05, 4.69) is 39.2 Å². The maximum Gasteiger partial charge on any atom is 0.251 e. The summed E-state index contributed by atoms with van der Waals surface area (Å²) in [6.07, 6.45) is 6.27. The van der Waals surface area contributed by atoms with Crippen LogP contribution in [-0.4, -0.2) is 58.6 Å². The predicted octanol–water partition coefficient (Wildman–Crippen LogP) is 7.37. The van der Waals surface area contributed by atoms with E-state index in [1.54, 1.807) is 54.6 Å². The molecule has 11 nitrogen and oxygen atoms in total. The molecule has 314 valence electrons. The van der Waals surface area contributed by atoms with Gasteiger partial charge in [-0.2, -0.15) is 0 Å². The van der Waals surface area contributed by atoms with E-state index in [0.29, 0.717) is 66.3 Å². The van der Waals surface area contributed by atoms with Crippen LogP contribution in [0.5, 0.6) is 0 Å². The third-order valence-corrected chi connectivity index (χ3v) is 14.0. The van der Waals surface area contributed by atoms with Crippen molar-refractivity contribution in [3.63, 3.8) is 0 Å². The average Bonchev–Trinajstić information content (AvgIpc) is 3.84. The SMILES string of the molecule is C=C1c2cccc(CCCCCNC(=O)c3ccc(NC(=O)[C@@H]4NC5(CCC5)[C@@]5(C(=O)Nc6cc(Cl)ccc65)[C@H]4c4cccc(Cl)c4F)cc3)c2CN1C1CCC(=O)NC1=O. The molecule has 4 heterocycles. The lowest BCUT2D eigenvalue weighted by molar-refractivity contribution is -0.136. The highest BCUT2D eigenvalue weighted by molar-refractivity contribution is 6.31. The number of unbranched alkanes of at least 4 members (excludes halogenated alkanes) is 2. The van der Waals surface area contributed by atoms with E-state index >= 15 is 4.39 Å². The zero-order valence-electron chi connectivity index (χ0n) is 33.3. The lowest BCUT2D eigenvalue weighted by Crippen LogP contribution is -2.63. The Balaban J connectivity index is 0.819. The van der Waals surface area contributed by atoms with Crippen LogP contribution in [0.15, 0.2) is 85.4 Å². The Kier molecular flexibility index (Phi) is 10.7. The van der Waals surface area contributed by atoms with Crippen LogP contribution in [0.25, 0.3) is 5.70 Å². The highest BCUT2D eigenvalue weighted by Gasteiger charge is 2.74. The molecule has 1 unspecified atom stereocenters. The highest BCUT2D eigenvalue weighted by atomic mass is 35.5. The van der Waals surface area contributed by atoms with Gasteiger partial charge in [0.1, 0.15) is 17.3 Å². The first-order valence-electron chi connectivity index (χ1n) is 20.8. The topological polar surface area (TPSA) is 149 Å². The molecule has 4 aromatic carbocycles. The third-order valence-electron chi connectivity index (χ3n) is 13.5. The number of nitrogens with zero attached hydrogens (tertiary/aromatic N) is 1. The fourth-order valence-electron chi connectivity index (χ4n) is 10.5. The molecule has 2 spiro atoms. The summed E-state index contributed by atoms with van der Waals surface area (Å²) in [5.74, 6) is -3.15. The van der Waals surface area contributed by atoms with Crippen molar-refractivity contribution in [3.8, 4) is 0 Å². The molecule has 0 bridgehead atoms. The third kappa shape index (κ3) is 6.89. The minimum Gasteiger partial charge on any atom is -0.355 e. The van der Waals surface area contributed by atoms with Crippen molar-refractivity contribution in [1.82, 2.24) is 20.9 Å². The number of carbonyl (C=O) groups is 5. The van der Waals surface area contributed by atoms with Gasteiger partial charge in [-0.15, -0.1) is 0 Å². The molecular weight excluding hydrogens is 818 g/mol. The van der Waals surface area contributed by atoms with Crippen molar-refractivity contribution in [1.29, 1.82) is 0 Å². The molecule has 1 saturated carbocycles. The fraction of sp³-hybridized carbons (Fsp3) is 0.340. The molecule has 2 saturated heterocycles. The number of benzene rings is 4. The van der Waals surface area contributed by atoms with Gasteiger partial charge in [-0.3, -0.25) is 34.6 Å². The molecule has 0 aromatic heterocycles. The smallest absolute Gasteiger partial charge is 0.251 e. The molecule has 61 heavy (non-hydrogen) atoms. The van der Waals surface area contributed by atoms with Crippen LogP contribution >= 0.6 is 23.2 Å². The Labute approximate surface area is 362 Å². The molecular formula is C47H45Cl2FN6O5. The van der Waals surface area contributed by atoms with Gasteiger partial charge < -0.3 is 20.9 Å². The highest BCUT2D eigenvalue weighted by Crippen LogP contribution is 2.64. The monoisotopic (exact) mass is 862 g/mol. The molecule has 5 amide bonds. The van der Waals surface area contributed by atoms with Crippen molar-refractivity contribution in [2.75, 3.05) is 17.2 Å². The van der Waals surface area contributed by atoms with Crippen molar-refractivity contribution < 1.29 is 28.4 Å². The first-order valence-corrected chi connectivity index (χ1v) is 21.6. The second-order valence-corrected chi connectivity index (χ2v) is 17.6. The van der Waals surface area contributed by atoms with Crippen LogP contribution < -0.4 is 26.6 Å². The van der Waals surface area contributed by atoms with Crippen LogP contribution in [-0.2, 0) is 37.6 Å². The predicted molar refractivity (Wildman–Crippen MR) is 232 cm³/mol. The second-order valence-electron chi connectivity index (χ2n) is 16.7. The van der Waals surface area contributed by atoms with E-state index in [4.69, 9.17) is 23.2 Å². The van der Waals surface area contributed by atoms with Gasteiger partial charge in [0.15, 0.2) is 0 Å². The fourth-order valence-corrected chi connectivity index (χ4v) is 10.8. The van der Waals surface area contributed by atoms with Gasteiger partial charge in [0, 0.05) is 64.2 Å². The number of hydrogen-bond donors (Lipinski definition) is 5. The normalized spacial score (nSPS) is 23.4. The summed E-state index contributed by atoms with van der Waals surface area (Å²) in [6, 6.07) is 21.2. The Morgan fingerprint density at radius 3 is 2.48 bits per heavy atom. The van der Waals surface area contributed by atoms with Crippen molar-refractivity contribution in [2.24, 2.45) is 0 Å². The molecule has 3 fully saturated rings. The van der Waals surface area contributed by atoms with E-state index in [9.17, 15) is 24.0 Å². The molecule has 0 radical (unpaired) electrons. The quantitative estimate of drug-likeness (QED) is 0.0782. The summed E-state index contributed by atoms with van der Waals surface area (Å²) >= 11 is 12.7. The lowest BCUT2D eigenvalue weighted by Gasteiger charge is -2.50. The minimum absolute atomic E-state index is 0.103. The number of piperidine rings is 1. The first-order chi connectivity index (χ1) is 29.4. The van der Waals surface area contributed by atoms with E-state index < -0.39 is 40.7 Å². The summed E-state index contributed by atoms with van der Waals surface area (Å²) in [5, 5.41) is 15.3. The van der Waals surface area contributed by atoms with Gasteiger partial charge >= 0.3 is 0 Å². The summed E-state index contributed by atoms with van der Waals surface area (Å²) in [5.41, 5.74) is 4.33. The summed E-state index contributed by atoms with van der Waals surface area (Å²) in [6.45, 7) is 5.34. The maximum atomic E-state index is 16.1. The molecule has 4 aromatic rings. The number of rotatable bonds is 11. The number of nitrogens with one attached hydrogen (secondary N) is 5. The summed E-state index contributed by atoms with van der Waals surface area (Å²) in [7, 11) is 0. The van der Waals surface area contributed by atoms with Gasteiger partial charge in [-0.25, -0.2) is 4.39 Å². The first kappa shape index (κ1) is 40.8. The molecule has 9 rings (SSSR count). The summed E-state index contributed by atoms with van der Waals surface area (Å²) < 4.78 is 16.1. The number of hydrogen-bond acceptors (Lipinski definition) is 7. The minimum atomic E-state index is -1.32. The maximum absolute atomic E-state index is 16.1. The number of aryl methyl sites for hydroxylation is 1. The van der Waals surface area contributed by atoms with Crippen LogP contribution in [0.3, 0.4) is 0 Å². The van der Waals surface area contributed by atoms with Crippen molar-refractivity contribution in [2.45, 2.75) is 93.3 Å². The lowest BCUT2D eigenvalue weighted by atomic mass is 9.53. The van der Waals surface area contributed by atoms with Crippen LogP contribution in [0.1, 0.15) is 95.5 Å². The van der Waals surface area contributed by atoms with Gasteiger partial charge in [-0.05, 0) is 110 Å². The van der Waals surface area contributed by atoms with E-state index in [1.165, 1.54) is 17.2 Å². The Morgan fingerprint density at radius 2 is 1.72 bits per heavy atom. The van der Waals surface area contributed by atoms with Crippen molar-refractivity contribution in [3.05, 3.63) is 135 Å². The molecule has 1 aliphatic carbocycles. The Hall–Kier alpha value is -5.56. The van der Waals surface area contributed by atoms with E-state index in [1.807, 2.05) is 17.0 Å². The standard InChI is InChI=1S/C47H45Cl2FN6O5/c1-26-31-10-5-9-27(33(31)25-56(26)37-19-20-38(57)54-43(37)59)8-3-2-4-23-51-42(58)28-13-16-30(17-14-28)52-44(60)41-39(32-11-6-12-35(49)40(32)50)47(46(55-41)21-7-22-46)34-18-15-29(48)24-36(34)53-45(47)61/h5-6,9-18,24,37,39,41,55H,1-4,7-8,19-23,25H2,(H,51,58)(H,52,60)(H,53,61)(H,54,57,59)/t37?,39-,41+,47+/m0/s1. The number of fused-ring (bicyclic) bond motifs is 4. The van der Waals surface area contributed by atoms with Crippen LogP contribution in [0.4, 0.5) is 15.8 Å². The Morgan fingerprint density at radius 1 is 0.934 bits per heavy atom. The Bertz CT molecular complexity index is 2510. The van der Waals surface area contributed by atoms with Crippen molar-refractivity contribution >= 4 is 69.8 Å². The number of imide groups is 1. The van der Waals surface area contributed by atoms with E-state index in [-0.39, 0.29) is 34.2 Å². The van der Waals surface area contributed by atoms with Crippen LogP contribution in [0.2, 0.25) is 10.0 Å². The number of halogens is 3. The average molecular weight is 864 g/mol.